The molecule has 0 fully saturated rings. The van der Waals surface area contributed by atoms with Gasteiger partial charge in [0.1, 0.15) is 5.82 Å². The second-order valence-corrected chi connectivity index (χ2v) is 8.63. The monoisotopic (exact) mass is 349 g/mol. The lowest BCUT2D eigenvalue weighted by molar-refractivity contribution is 0.364. The van der Waals surface area contributed by atoms with Gasteiger partial charge < -0.3 is 4.52 Å². The number of aromatic nitrogens is 5. The van der Waals surface area contributed by atoms with Crippen LogP contribution in [0.3, 0.4) is 0 Å². The average molecular weight is 349 g/mol. The lowest BCUT2D eigenvalue weighted by atomic mass is 9.96. The molecule has 23 heavy (non-hydrogen) atoms. The van der Waals surface area contributed by atoms with E-state index in [2.05, 4.69) is 57.5 Å². The van der Waals surface area contributed by atoms with Gasteiger partial charge in [-0.05, 0) is 18.4 Å². The highest BCUT2D eigenvalue weighted by Crippen LogP contribution is 2.33. The van der Waals surface area contributed by atoms with Crippen molar-refractivity contribution in [1.82, 2.24) is 25.3 Å². The van der Waals surface area contributed by atoms with E-state index in [1.807, 2.05) is 13.0 Å². The van der Waals surface area contributed by atoms with Crippen LogP contribution in [-0.4, -0.2) is 25.3 Å². The average Bonchev–Trinajstić information content (AvgIpc) is 3.18. The Balaban J connectivity index is 1.65. The van der Waals surface area contributed by atoms with E-state index in [1.54, 1.807) is 11.3 Å². The molecule has 3 aromatic heterocycles. The smallest absolute Gasteiger partial charge is 0.239 e. The second kappa shape index (κ2) is 6.45. The van der Waals surface area contributed by atoms with E-state index in [0.29, 0.717) is 16.9 Å². The highest BCUT2D eigenvalue weighted by molar-refractivity contribution is 7.99. The summed E-state index contributed by atoms with van der Waals surface area (Å²) >= 11 is 3.22. The van der Waals surface area contributed by atoms with Crippen LogP contribution < -0.4 is 0 Å². The number of nitrogens with one attached hydrogen (secondary N) is 1. The van der Waals surface area contributed by atoms with Gasteiger partial charge in [-0.25, -0.2) is 4.98 Å². The SMILES string of the molecule is CC(Sc1n[nH]c(Cc2cccs2)n1)c1nc(C(C)(C)C)no1. The highest BCUT2D eigenvalue weighted by Gasteiger charge is 2.24. The largest absolute Gasteiger partial charge is 0.338 e. The van der Waals surface area contributed by atoms with Crippen molar-refractivity contribution in [3.05, 3.63) is 39.9 Å². The van der Waals surface area contributed by atoms with Crippen LogP contribution in [0, 0.1) is 0 Å². The molecule has 3 aromatic rings. The van der Waals surface area contributed by atoms with E-state index in [-0.39, 0.29) is 10.7 Å². The lowest BCUT2D eigenvalue weighted by Crippen LogP contribution is -2.13. The molecule has 0 spiro atoms. The van der Waals surface area contributed by atoms with Crippen molar-refractivity contribution < 1.29 is 4.52 Å². The third-order valence-corrected chi connectivity index (χ3v) is 5.00. The Hall–Kier alpha value is -1.67. The quantitative estimate of drug-likeness (QED) is 0.702. The molecule has 0 saturated heterocycles. The summed E-state index contributed by atoms with van der Waals surface area (Å²) in [5.41, 5.74) is -0.120. The van der Waals surface area contributed by atoms with Gasteiger partial charge in [0, 0.05) is 16.7 Å². The minimum atomic E-state index is -0.120. The van der Waals surface area contributed by atoms with Crippen LogP contribution in [0.2, 0.25) is 0 Å². The topological polar surface area (TPSA) is 80.5 Å². The van der Waals surface area contributed by atoms with Gasteiger partial charge in [0.2, 0.25) is 11.0 Å². The zero-order chi connectivity index (χ0) is 16.4. The van der Waals surface area contributed by atoms with E-state index in [4.69, 9.17) is 4.52 Å². The molecule has 1 atom stereocenters. The summed E-state index contributed by atoms with van der Waals surface area (Å²) in [6.45, 7) is 8.20. The van der Waals surface area contributed by atoms with Crippen LogP contribution >= 0.6 is 23.1 Å². The maximum atomic E-state index is 5.37. The molecular formula is C15H19N5OS2. The number of thioether (sulfide) groups is 1. The molecule has 0 aromatic carbocycles. The van der Waals surface area contributed by atoms with Crippen LogP contribution in [0.25, 0.3) is 0 Å². The van der Waals surface area contributed by atoms with Crippen molar-refractivity contribution >= 4 is 23.1 Å². The molecule has 1 N–H and O–H groups in total. The van der Waals surface area contributed by atoms with Crippen molar-refractivity contribution in [3.8, 4) is 0 Å². The van der Waals surface area contributed by atoms with E-state index in [9.17, 15) is 0 Å². The Labute approximate surface area is 143 Å². The van der Waals surface area contributed by atoms with Crippen molar-refractivity contribution in [2.45, 2.75) is 49.9 Å². The molecule has 0 aliphatic carbocycles. The van der Waals surface area contributed by atoms with Crippen LogP contribution in [0.4, 0.5) is 0 Å². The molecular weight excluding hydrogens is 330 g/mol. The predicted octanol–water partition coefficient (Wildman–Crippen LogP) is 3.99. The van der Waals surface area contributed by atoms with Gasteiger partial charge in [0.15, 0.2) is 5.82 Å². The third-order valence-electron chi connectivity index (χ3n) is 3.18. The fourth-order valence-corrected chi connectivity index (χ4v) is 3.38. The molecule has 6 nitrogen and oxygen atoms in total. The van der Waals surface area contributed by atoms with Crippen molar-refractivity contribution in [1.29, 1.82) is 0 Å². The van der Waals surface area contributed by atoms with Crippen LogP contribution in [0.1, 0.15) is 55.4 Å². The van der Waals surface area contributed by atoms with Gasteiger partial charge in [-0.15, -0.1) is 16.4 Å². The molecule has 0 bridgehead atoms. The molecule has 0 saturated carbocycles. The Morgan fingerprint density at radius 1 is 1.35 bits per heavy atom. The molecule has 0 aliphatic heterocycles. The lowest BCUT2D eigenvalue weighted by Gasteiger charge is -2.11. The van der Waals surface area contributed by atoms with E-state index in [0.717, 1.165) is 12.2 Å². The van der Waals surface area contributed by atoms with Gasteiger partial charge in [0.05, 0.1) is 5.25 Å². The first-order chi connectivity index (χ1) is 10.9. The van der Waals surface area contributed by atoms with E-state index in [1.165, 1.54) is 16.6 Å². The Morgan fingerprint density at radius 2 is 2.17 bits per heavy atom. The van der Waals surface area contributed by atoms with Crippen LogP contribution in [0.5, 0.6) is 0 Å². The summed E-state index contributed by atoms with van der Waals surface area (Å²) in [4.78, 5) is 10.3. The third kappa shape index (κ3) is 4.00. The first kappa shape index (κ1) is 16.2. The van der Waals surface area contributed by atoms with Crippen molar-refractivity contribution in [3.63, 3.8) is 0 Å². The molecule has 0 amide bonds. The van der Waals surface area contributed by atoms with Gasteiger partial charge in [0.25, 0.3) is 0 Å². The van der Waals surface area contributed by atoms with Gasteiger partial charge >= 0.3 is 0 Å². The number of aromatic amines is 1. The number of hydrogen-bond acceptors (Lipinski definition) is 7. The van der Waals surface area contributed by atoms with Gasteiger partial charge in [-0.3, -0.25) is 5.10 Å². The maximum Gasteiger partial charge on any atom is 0.239 e. The first-order valence-electron chi connectivity index (χ1n) is 7.36. The Bertz CT molecular complexity index is 757. The Morgan fingerprint density at radius 3 is 2.83 bits per heavy atom. The molecule has 0 aliphatic rings. The summed E-state index contributed by atoms with van der Waals surface area (Å²) < 4.78 is 5.37. The summed E-state index contributed by atoms with van der Waals surface area (Å²) in [5, 5.41) is 14.1. The Kier molecular flexibility index (Phi) is 4.54. The molecule has 8 heteroatoms. The highest BCUT2D eigenvalue weighted by atomic mass is 32.2. The molecule has 3 rings (SSSR count). The zero-order valence-corrected chi connectivity index (χ0v) is 15.2. The number of H-pyrrole nitrogens is 1. The van der Waals surface area contributed by atoms with Crippen LogP contribution in [0.15, 0.2) is 27.2 Å². The molecule has 1 unspecified atom stereocenters. The molecule has 122 valence electrons. The number of rotatable bonds is 5. The first-order valence-corrected chi connectivity index (χ1v) is 9.12. The summed E-state index contributed by atoms with van der Waals surface area (Å²) in [7, 11) is 0. The molecule has 3 heterocycles. The van der Waals surface area contributed by atoms with Crippen molar-refractivity contribution in [2.75, 3.05) is 0 Å². The standard InChI is InChI=1S/C15H19N5OS2/c1-9(12-17-13(20-21-12)15(2,3)4)23-14-16-11(18-19-14)8-10-6-5-7-22-10/h5-7,9H,8H2,1-4H3,(H,16,18,19). The van der Waals surface area contributed by atoms with Crippen molar-refractivity contribution in [2.24, 2.45) is 0 Å². The second-order valence-electron chi connectivity index (χ2n) is 6.29. The van der Waals surface area contributed by atoms with Gasteiger partial charge in [-0.1, -0.05) is 43.8 Å². The summed E-state index contributed by atoms with van der Waals surface area (Å²) in [6, 6.07) is 4.13. The van der Waals surface area contributed by atoms with Gasteiger partial charge in [-0.2, -0.15) is 4.98 Å². The predicted molar refractivity (Wildman–Crippen MR) is 90.8 cm³/mol. The van der Waals surface area contributed by atoms with E-state index >= 15 is 0 Å². The zero-order valence-electron chi connectivity index (χ0n) is 13.5. The minimum Gasteiger partial charge on any atom is -0.338 e. The summed E-state index contributed by atoms with van der Waals surface area (Å²) in [5.74, 6) is 2.18. The fourth-order valence-electron chi connectivity index (χ4n) is 1.90. The minimum absolute atomic E-state index is 0.00369. The van der Waals surface area contributed by atoms with E-state index < -0.39 is 0 Å². The van der Waals surface area contributed by atoms with Crippen LogP contribution in [-0.2, 0) is 11.8 Å². The number of hydrogen-bond donors (Lipinski definition) is 1. The normalized spacial score (nSPS) is 13.4. The summed E-state index contributed by atoms with van der Waals surface area (Å²) in [6.07, 6.45) is 0.772. The maximum absolute atomic E-state index is 5.37. The fraction of sp³-hybridized carbons (Fsp3) is 0.467. The number of thiophene rings is 1. The number of nitrogens with zero attached hydrogens (tertiary/aromatic N) is 4. The molecule has 0 radical (unpaired) electrons.